The van der Waals surface area contributed by atoms with Crippen LogP contribution >= 0.6 is 0 Å². The number of ether oxygens (including phenoxy) is 3. The Balaban J connectivity index is 1.93. The molecule has 9 heteroatoms. The largest absolute Gasteiger partial charge is 0.497 e. The topological polar surface area (TPSA) is 113 Å². The van der Waals surface area contributed by atoms with Crippen LogP contribution in [0, 0.1) is 17.0 Å². The van der Waals surface area contributed by atoms with E-state index >= 15 is 0 Å². The van der Waals surface area contributed by atoms with E-state index in [0.717, 1.165) is 16.9 Å². The summed E-state index contributed by atoms with van der Waals surface area (Å²) in [4.78, 5) is 27.9. The second kappa shape index (κ2) is 9.99. The molecule has 0 unspecified atom stereocenters. The van der Waals surface area contributed by atoms with Gasteiger partial charge in [-0.05, 0) is 43.2 Å². The predicted molar refractivity (Wildman–Crippen MR) is 122 cm³/mol. The number of hydrogen-bond donors (Lipinski definition) is 1. The molecule has 0 spiro atoms. The van der Waals surface area contributed by atoms with Gasteiger partial charge in [-0.1, -0.05) is 36.4 Å². The van der Waals surface area contributed by atoms with E-state index in [2.05, 4.69) is 10.3 Å². The third-order valence-corrected chi connectivity index (χ3v) is 5.25. The molecule has 1 N–H and O–H groups in total. The molecule has 0 aliphatic rings. The maximum Gasteiger partial charge on any atom is 0.354 e. The van der Waals surface area contributed by atoms with Crippen LogP contribution in [0.3, 0.4) is 0 Å². The minimum Gasteiger partial charge on any atom is -0.497 e. The van der Waals surface area contributed by atoms with Crippen LogP contribution in [0.5, 0.6) is 11.6 Å². The number of methoxy groups -OCH3 is 2. The normalized spacial score (nSPS) is 12.4. The molecule has 2 aromatic carbocycles. The van der Waals surface area contributed by atoms with Crippen molar-refractivity contribution in [3.05, 3.63) is 87.5 Å². The van der Waals surface area contributed by atoms with Crippen molar-refractivity contribution in [2.75, 3.05) is 19.5 Å². The molecule has 0 fully saturated rings. The number of anilines is 1. The third kappa shape index (κ3) is 5.20. The van der Waals surface area contributed by atoms with Gasteiger partial charge in [0.15, 0.2) is 0 Å². The van der Waals surface area contributed by atoms with E-state index in [1.165, 1.54) is 26.2 Å². The van der Waals surface area contributed by atoms with E-state index in [0.29, 0.717) is 17.9 Å². The molecular weight excluding hydrogens is 426 g/mol. The van der Waals surface area contributed by atoms with Gasteiger partial charge >= 0.3 is 11.7 Å². The standard InChI is InChI=1S/C24H25N3O6/c1-16-14-19(31-3)11-10-17(16)15-25-21-13-12-20(27(29)30)22(26-21)33-24(2,23(28)32-4)18-8-6-5-7-9-18/h5-14H,15H2,1-4H3,(H,25,26)/t24-/m0/s1. The van der Waals surface area contributed by atoms with Crippen molar-refractivity contribution in [3.63, 3.8) is 0 Å². The molecule has 0 aliphatic heterocycles. The predicted octanol–water partition coefficient (Wildman–Crippen LogP) is 4.39. The number of esters is 1. The second-order valence-corrected chi connectivity index (χ2v) is 7.42. The fourth-order valence-corrected chi connectivity index (χ4v) is 3.29. The van der Waals surface area contributed by atoms with Crippen molar-refractivity contribution in [3.8, 4) is 11.6 Å². The summed E-state index contributed by atoms with van der Waals surface area (Å²) in [6.07, 6.45) is 0. The molecule has 0 bridgehead atoms. The lowest BCUT2D eigenvalue weighted by molar-refractivity contribution is -0.386. The first-order valence-corrected chi connectivity index (χ1v) is 10.1. The zero-order valence-electron chi connectivity index (χ0n) is 18.8. The lowest BCUT2D eigenvalue weighted by Gasteiger charge is -2.27. The minimum atomic E-state index is -1.64. The van der Waals surface area contributed by atoms with Crippen LogP contribution in [0.1, 0.15) is 23.6 Å². The first kappa shape index (κ1) is 23.5. The van der Waals surface area contributed by atoms with Crippen molar-refractivity contribution in [2.24, 2.45) is 0 Å². The maximum absolute atomic E-state index is 12.6. The maximum atomic E-state index is 12.6. The van der Waals surface area contributed by atoms with Crippen LogP contribution in [-0.4, -0.2) is 30.1 Å². The van der Waals surface area contributed by atoms with Crippen molar-refractivity contribution < 1.29 is 23.9 Å². The van der Waals surface area contributed by atoms with Crippen molar-refractivity contribution in [2.45, 2.75) is 26.0 Å². The zero-order valence-corrected chi connectivity index (χ0v) is 18.8. The molecule has 0 saturated heterocycles. The lowest BCUT2D eigenvalue weighted by Crippen LogP contribution is -2.40. The highest BCUT2D eigenvalue weighted by molar-refractivity contribution is 5.81. The highest BCUT2D eigenvalue weighted by atomic mass is 16.6. The van der Waals surface area contributed by atoms with Gasteiger partial charge in [-0.15, -0.1) is 0 Å². The van der Waals surface area contributed by atoms with Gasteiger partial charge in [-0.3, -0.25) is 10.1 Å². The molecule has 3 aromatic rings. The number of nitrogens with one attached hydrogen (secondary N) is 1. The summed E-state index contributed by atoms with van der Waals surface area (Å²) in [6, 6.07) is 17.1. The number of hydrogen-bond acceptors (Lipinski definition) is 8. The van der Waals surface area contributed by atoms with Crippen LogP contribution in [0.15, 0.2) is 60.7 Å². The average Bonchev–Trinajstić information content (AvgIpc) is 2.83. The number of aromatic nitrogens is 1. The Morgan fingerprint density at radius 3 is 2.45 bits per heavy atom. The smallest absolute Gasteiger partial charge is 0.354 e. The van der Waals surface area contributed by atoms with E-state index in [1.54, 1.807) is 37.4 Å². The van der Waals surface area contributed by atoms with Crippen molar-refractivity contribution in [1.29, 1.82) is 0 Å². The summed E-state index contributed by atoms with van der Waals surface area (Å²) in [7, 11) is 2.83. The van der Waals surface area contributed by atoms with E-state index in [9.17, 15) is 14.9 Å². The molecular formula is C24H25N3O6. The third-order valence-electron chi connectivity index (χ3n) is 5.25. The number of nitro groups is 1. The molecule has 0 aliphatic carbocycles. The number of carbonyl (C=O) groups is 1. The molecule has 0 saturated carbocycles. The molecule has 33 heavy (non-hydrogen) atoms. The van der Waals surface area contributed by atoms with E-state index < -0.39 is 16.5 Å². The Kier molecular flexibility index (Phi) is 7.12. The highest BCUT2D eigenvalue weighted by Crippen LogP contribution is 2.34. The number of pyridine rings is 1. The Hall–Kier alpha value is -4.14. The minimum absolute atomic E-state index is 0.298. The fraction of sp³-hybridized carbons (Fsp3) is 0.250. The summed E-state index contributed by atoms with van der Waals surface area (Å²) in [5.74, 6) is 0.0970. The van der Waals surface area contributed by atoms with Gasteiger partial charge in [0, 0.05) is 18.2 Å². The number of nitrogens with zero attached hydrogens (tertiary/aromatic N) is 2. The van der Waals surface area contributed by atoms with Gasteiger partial charge in [0.05, 0.1) is 19.1 Å². The van der Waals surface area contributed by atoms with Crippen LogP contribution in [0.4, 0.5) is 11.5 Å². The molecule has 172 valence electrons. The molecule has 3 rings (SSSR count). The quantitative estimate of drug-likeness (QED) is 0.290. The Morgan fingerprint density at radius 2 is 1.85 bits per heavy atom. The number of benzene rings is 2. The van der Waals surface area contributed by atoms with Crippen molar-refractivity contribution in [1.82, 2.24) is 4.98 Å². The monoisotopic (exact) mass is 451 g/mol. The SMILES string of the molecule is COC(=O)[C@@](C)(Oc1nc(NCc2ccc(OC)cc2C)ccc1[N+](=O)[O-])c1ccccc1. The van der Waals surface area contributed by atoms with Gasteiger partial charge in [-0.25, -0.2) is 4.79 Å². The van der Waals surface area contributed by atoms with Gasteiger partial charge in [0.1, 0.15) is 11.6 Å². The van der Waals surface area contributed by atoms with E-state index in [1.807, 2.05) is 25.1 Å². The van der Waals surface area contributed by atoms with Crippen LogP contribution < -0.4 is 14.8 Å². The molecule has 1 heterocycles. The lowest BCUT2D eigenvalue weighted by atomic mass is 9.96. The first-order valence-electron chi connectivity index (χ1n) is 10.1. The van der Waals surface area contributed by atoms with Gasteiger partial charge in [-0.2, -0.15) is 4.98 Å². The Labute approximate surface area is 191 Å². The number of carbonyl (C=O) groups excluding carboxylic acids is 1. The van der Waals surface area contributed by atoms with Crippen molar-refractivity contribution >= 4 is 17.5 Å². The molecule has 9 nitrogen and oxygen atoms in total. The molecule has 1 aromatic heterocycles. The van der Waals surface area contributed by atoms with Crippen LogP contribution in [0.2, 0.25) is 0 Å². The summed E-state index contributed by atoms with van der Waals surface area (Å²) >= 11 is 0. The Morgan fingerprint density at radius 1 is 1.12 bits per heavy atom. The molecule has 0 radical (unpaired) electrons. The van der Waals surface area contributed by atoms with Gasteiger partial charge < -0.3 is 19.5 Å². The summed E-state index contributed by atoms with van der Waals surface area (Å²) < 4.78 is 16.0. The first-order chi connectivity index (χ1) is 15.8. The Bertz CT molecular complexity index is 1150. The van der Waals surface area contributed by atoms with Crippen LogP contribution in [-0.2, 0) is 21.7 Å². The fourth-order valence-electron chi connectivity index (χ4n) is 3.29. The van der Waals surface area contributed by atoms with E-state index in [-0.39, 0.29) is 11.6 Å². The van der Waals surface area contributed by atoms with Gasteiger partial charge in [0.2, 0.25) is 5.60 Å². The summed E-state index contributed by atoms with van der Waals surface area (Å²) in [6.45, 7) is 3.87. The molecule has 0 amide bonds. The van der Waals surface area contributed by atoms with E-state index in [4.69, 9.17) is 14.2 Å². The van der Waals surface area contributed by atoms with Crippen LogP contribution in [0.25, 0.3) is 0 Å². The highest BCUT2D eigenvalue weighted by Gasteiger charge is 2.41. The average molecular weight is 451 g/mol. The number of rotatable bonds is 9. The second-order valence-electron chi connectivity index (χ2n) is 7.42. The van der Waals surface area contributed by atoms with Gasteiger partial charge in [0.25, 0.3) is 5.88 Å². The zero-order chi connectivity index (χ0) is 24.0. The molecule has 1 atom stereocenters. The number of aryl methyl sites for hydroxylation is 1. The summed E-state index contributed by atoms with van der Waals surface area (Å²) in [5, 5.41) is 14.8. The summed E-state index contributed by atoms with van der Waals surface area (Å²) in [5.41, 5.74) is 0.482.